The van der Waals surface area contributed by atoms with Crippen LogP contribution in [0.5, 0.6) is 0 Å². The minimum atomic E-state index is -0.295. The highest BCUT2D eigenvalue weighted by Crippen LogP contribution is 2.22. The second-order valence-corrected chi connectivity index (χ2v) is 7.55. The number of rotatable bonds is 4. The molecule has 2 heterocycles. The zero-order chi connectivity index (χ0) is 18.7. The van der Waals surface area contributed by atoms with Gasteiger partial charge in [0.1, 0.15) is 11.5 Å². The fraction of sp³-hybridized carbons (Fsp3) is 0.421. The molecule has 1 atom stereocenters. The molecular formula is C19H22FN3O2S. The quantitative estimate of drug-likeness (QED) is 0.825. The Kier molecular flexibility index (Phi) is 5.66. The molecule has 0 bridgehead atoms. The Morgan fingerprint density at radius 3 is 2.69 bits per heavy atom. The highest BCUT2D eigenvalue weighted by Gasteiger charge is 2.34. The number of thiazole rings is 1. The van der Waals surface area contributed by atoms with Gasteiger partial charge in [0.25, 0.3) is 5.91 Å². The van der Waals surface area contributed by atoms with Crippen LogP contribution in [0.15, 0.2) is 35.2 Å². The highest BCUT2D eigenvalue weighted by molar-refractivity contribution is 7.07. The van der Waals surface area contributed by atoms with E-state index >= 15 is 0 Å². The molecule has 138 valence electrons. The van der Waals surface area contributed by atoms with Crippen LogP contribution in [-0.2, 0) is 11.3 Å². The molecule has 0 radical (unpaired) electrons. The lowest BCUT2D eigenvalue weighted by molar-refractivity contribution is -0.134. The van der Waals surface area contributed by atoms with E-state index in [0.29, 0.717) is 25.3 Å². The molecule has 2 amide bonds. The summed E-state index contributed by atoms with van der Waals surface area (Å²) in [6.45, 7) is 5.37. The smallest absolute Gasteiger partial charge is 0.273 e. The Bertz CT molecular complexity index is 762. The summed E-state index contributed by atoms with van der Waals surface area (Å²) < 4.78 is 13.2. The number of nitrogens with zero attached hydrogens (tertiary/aromatic N) is 3. The molecule has 7 heteroatoms. The summed E-state index contributed by atoms with van der Waals surface area (Å²) in [5.41, 5.74) is 2.94. The summed E-state index contributed by atoms with van der Waals surface area (Å²) in [7, 11) is 0. The van der Waals surface area contributed by atoms with Gasteiger partial charge in [-0.3, -0.25) is 9.59 Å². The van der Waals surface area contributed by atoms with Gasteiger partial charge in [0, 0.05) is 31.4 Å². The topological polar surface area (TPSA) is 53.5 Å². The van der Waals surface area contributed by atoms with E-state index in [0.717, 1.165) is 5.56 Å². The summed E-state index contributed by atoms with van der Waals surface area (Å²) in [6.07, 6.45) is 0.278. The van der Waals surface area contributed by atoms with E-state index in [1.54, 1.807) is 27.9 Å². The maximum atomic E-state index is 13.2. The van der Waals surface area contributed by atoms with Crippen LogP contribution >= 0.6 is 11.3 Å². The maximum absolute atomic E-state index is 13.2. The van der Waals surface area contributed by atoms with Crippen molar-refractivity contribution in [1.82, 2.24) is 14.8 Å². The monoisotopic (exact) mass is 375 g/mol. The molecule has 1 aromatic heterocycles. The molecule has 0 aliphatic carbocycles. The van der Waals surface area contributed by atoms with E-state index < -0.39 is 0 Å². The van der Waals surface area contributed by atoms with E-state index in [2.05, 4.69) is 4.98 Å². The first kappa shape index (κ1) is 18.5. The van der Waals surface area contributed by atoms with E-state index in [-0.39, 0.29) is 36.0 Å². The number of aromatic nitrogens is 1. The van der Waals surface area contributed by atoms with Crippen molar-refractivity contribution in [2.24, 2.45) is 5.92 Å². The number of amides is 2. The molecule has 1 unspecified atom stereocenters. The lowest BCUT2D eigenvalue weighted by Gasteiger charge is -2.34. The van der Waals surface area contributed by atoms with Gasteiger partial charge in [-0.2, -0.15) is 0 Å². The summed E-state index contributed by atoms with van der Waals surface area (Å²) in [6, 6.07) is 6.10. The first-order valence-electron chi connectivity index (χ1n) is 8.67. The van der Waals surface area contributed by atoms with E-state index in [4.69, 9.17) is 0 Å². The third kappa shape index (κ3) is 4.09. The predicted octanol–water partition coefficient (Wildman–Crippen LogP) is 3.18. The van der Waals surface area contributed by atoms with Gasteiger partial charge in [0.05, 0.1) is 11.6 Å². The number of benzene rings is 1. The first-order valence-corrected chi connectivity index (χ1v) is 9.61. The number of halogens is 1. The van der Waals surface area contributed by atoms with E-state index in [9.17, 15) is 14.0 Å². The molecule has 26 heavy (non-hydrogen) atoms. The molecule has 3 rings (SSSR count). The van der Waals surface area contributed by atoms with E-state index in [1.165, 1.54) is 23.5 Å². The predicted molar refractivity (Wildman–Crippen MR) is 98.2 cm³/mol. The average molecular weight is 375 g/mol. The van der Waals surface area contributed by atoms with Gasteiger partial charge in [-0.25, -0.2) is 9.37 Å². The van der Waals surface area contributed by atoms with Crippen LogP contribution in [0, 0.1) is 11.7 Å². The minimum Gasteiger partial charge on any atom is -0.335 e. The van der Waals surface area contributed by atoms with Gasteiger partial charge in [-0.05, 0) is 23.6 Å². The second kappa shape index (κ2) is 7.95. The lowest BCUT2D eigenvalue weighted by Crippen LogP contribution is -2.47. The summed E-state index contributed by atoms with van der Waals surface area (Å²) in [4.78, 5) is 33.1. The molecule has 0 spiro atoms. The van der Waals surface area contributed by atoms with Crippen LogP contribution in [-0.4, -0.2) is 45.7 Å². The van der Waals surface area contributed by atoms with Gasteiger partial charge in [0.15, 0.2) is 0 Å². The zero-order valence-electron chi connectivity index (χ0n) is 14.9. The van der Waals surface area contributed by atoms with Crippen molar-refractivity contribution in [3.63, 3.8) is 0 Å². The molecule has 1 aromatic carbocycles. The van der Waals surface area contributed by atoms with Crippen LogP contribution in [0.3, 0.4) is 0 Å². The Morgan fingerprint density at radius 2 is 2.08 bits per heavy atom. The molecule has 1 fully saturated rings. The van der Waals surface area contributed by atoms with Gasteiger partial charge in [-0.1, -0.05) is 26.0 Å². The molecule has 1 aliphatic rings. The van der Waals surface area contributed by atoms with Crippen molar-refractivity contribution in [2.75, 3.05) is 13.1 Å². The summed E-state index contributed by atoms with van der Waals surface area (Å²) >= 11 is 1.38. The van der Waals surface area contributed by atoms with Crippen molar-refractivity contribution in [2.45, 2.75) is 32.9 Å². The fourth-order valence-corrected chi connectivity index (χ4v) is 3.73. The van der Waals surface area contributed by atoms with Crippen molar-refractivity contribution >= 4 is 23.2 Å². The molecular weight excluding hydrogens is 353 g/mol. The average Bonchev–Trinajstić information content (AvgIpc) is 3.10. The van der Waals surface area contributed by atoms with Gasteiger partial charge in [-0.15, -0.1) is 11.3 Å². The molecule has 0 saturated carbocycles. The Morgan fingerprint density at radius 1 is 1.35 bits per heavy atom. The van der Waals surface area contributed by atoms with Crippen LogP contribution in [0.2, 0.25) is 0 Å². The van der Waals surface area contributed by atoms with Crippen LogP contribution in [0.4, 0.5) is 4.39 Å². The largest absolute Gasteiger partial charge is 0.335 e. The fourth-order valence-electron chi connectivity index (χ4n) is 3.20. The van der Waals surface area contributed by atoms with Crippen molar-refractivity contribution in [1.29, 1.82) is 0 Å². The number of carbonyl (C=O) groups is 2. The van der Waals surface area contributed by atoms with Crippen LogP contribution in [0.25, 0.3) is 0 Å². The summed E-state index contributed by atoms with van der Waals surface area (Å²) in [5.74, 6) is -0.227. The zero-order valence-corrected chi connectivity index (χ0v) is 15.7. The molecule has 1 saturated heterocycles. The second-order valence-electron chi connectivity index (χ2n) is 6.83. The molecule has 0 N–H and O–H groups in total. The number of carbonyl (C=O) groups excluding carboxylic acids is 2. The summed E-state index contributed by atoms with van der Waals surface area (Å²) in [5, 5.41) is 1.73. The molecule has 1 aliphatic heterocycles. The Hall–Kier alpha value is -2.28. The van der Waals surface area contributed by atoms with E-state index in [1.807, 2.05) is 18.7 Å². The van der Waals surface area contributed by atoms with Crippen LogP contribution < -0.4 is 0 Å². The van der Waals surface area contributed by atoms with Gasteiger partial charge < -0.3 is 9.80 Å². The molecule has 5 nitrogen and oxygen atoms in total. The van der Waals surface area contributed by atoms with Crippen molar-refractivity contribution in [3.8, 4) is 0 Å². The maximum Gasteiger partial charge on any atom is 0.273 e. The third-order valence-corrected chi connectivity index (χ3v) is 5.28. The van der Waals surface area contributed by atoms with Gasteiger partial charge in [0.2, 0.25) is 5.91 Å². The van der Waals surface area contributed by atoms with Crippen molar-refractivity contribution in [3.05, 3.63) is 52.2 Å². The SMILES string of the molecule is CC(C)C1CN(C(=O)c2cscn2)CCC(=O)N1Cc1ccc(F)cc1. The number of hydrogen-bond donors (Lipinski definition) is 0. The Balaban J connectivity index is 1.81. The van der Waals surface area contributed by atoms with Crippen LogP contribution in [0.1, 0.15) is 36.3 Å². The molecule has 2 aromatic rings. The van der Waals surface area contributed by atoms with Gasteiger partial charge >= 0.3 is 0 Å². The Labute approximate surface area is 156 Å². The standard InChI is InChI=1S/C19H22FN3O2S/c1-13(2)17-10-22(19(25)16-11-26-12-21-16)8-7-18(24)23(17)9-14-3-5-15(20)6-4-14/h3-6,11-13,17H,7-10H2,1-2H3. The first-order chi connectivity index (χ1) is 12.5. The normalized spacial score (nSPS) is 18.3. The van der Waals surface area contributed by atoms with Crippen molar-refractivity contribution < 1.29 is 14.0 Å². The highest BCUT2D eigenvalue weighted by atomic mass is 32.1. The number of hydrogen-bond acceptors (Lipinski definition) is 4. The minimum absolute atomic E-state index is 0.0154. The lowest BCUT2D eigenvalue weighted by atomic mass is 10.0. The third-order valence-electron chi connectivity index (χ3n) is 4.70.